The van der Waals surface area contributed by atoms with Gasteiger partial charge in [0.2, 0.25) is 0 Å². The number of rotatable bonds is 4. The Hall–Kier alpha value is -2.69. The summed E-state index contributed by atoms with van der Waals surface area (Å²) in [6.07, 6.45) is 3.74. The summed E-state index contributed by atoms with van der Waals surface area (Å²) in [4.78, 5) is 33.1. The number of pyridine rings is 1. The van der Waals surface area contributed by atoms with Crippen LogP contribution in [0.3, 0.4) is 0 Å². The molecule has 2 aromatic rings. The number of carbonyl (C=O) groups excluding carboxylic acids is 2. The Morgan fingerprint density at radius 3 is 2.73 bits per heavy atom. The van der Waals surface area contributed by atoms with E-state index in [-0.39, 0.29) is 11.8 Å². The van der Waals surface area contributed by atoms with Gasteiger partial charge in [-0.3, -0.25) is 14.6 Å². The van der Waals surface area contributed by atoms with Crippen LogP contribution in [0.25, 0.3) is 0 Å². The van der Waals surface area contributed by atoms with Crippen molar-refractivity contribution in [2.75, 3.05) is 20.1 Å². The highest BCUT2D eigenvalue weighted by Gasteiger charge is 2.23. The van der Waals surface area contributed by atoms with Crippen LogP contribution in [-0.2, 0) is 6.54 Å². The van der Waals surface area contributed by atoms with Crippen LogP contribution in [0.2, 0.25) is 0 Å². The van der Waals surface area contributed by atoms with Gasteiger partial charge in [0.25, 0.3) is 11.8 Å². The van der Waals surface area contributed by atoms with E-state index < -0.39 is 0 Å². The molecular weight excluding hydrogens is 326 g/mol. The van der Waals surface area contributed by atoms with E-state index in [0.717, 1.165) is 31.5 Å². The Kier molecular flexibility index (Phi) is 5.66. The molecule has 1 aromatic carbocycles. The minimum absolute atomic E-state index is 0.0151. The Balaban J connectivity index is 1.71. The SMILES string of the molecule is CC1CCCN(C(=O)c2ccnc(C(=O)N(C)Cc3ccccc3)c2)C1. The molecular formula is C21H25N3O2. The Morgan fingerprint density at radius 2 is 2.00 bits per heavy atom. The van der Waals surface area contributed by atoms with E-state index in [1.807, 2.05) is 35.2 Å². The van der Waals surface area contributed by atoms with Gasteiger partial charge in [0, 0.05) is 38.4 Å². The zero-order valence-electron chi connectivity index (χ0n) is 15.4. The lowest BCUT2D eigenvalue weighted by Crippen LogP contribution is -2.39. The normalized spacial score (nSPS) is 17.0. The number of hydrogen-bond acceptors (Lipinski definition) is 3. The van der Waals surface area contributed by atoms with Gasteiger partial charge < -0.3 is 9.80 Å². The van der Waals surface area contributed by atoms with Crippen LogP contribution in [0.1, 0.15) is 46.2 Å². The van der Waals surface area contributed by atoms with Gasteiger partial charge in [-0.1, -0.05) is 37.3 Å². The third-order valence-electron chi connectivity index (χ3n) is 4.78. The van der Waals surface area contributed by atoms with E-state index in [4.69, 9.17) is 0 Å². The molecule has 0 saturated carbocycles. The van der Waals surface area contributed by atoms with Crippen LogP contribution in [0.15, 0.2) is 48.7 Å². The van der Waals surface area contributed by atoms with Crippen molar-refractivity contribution in [1.29, 1.82) is 0 Å². The summed E-state index contributed by atoms with van der Waals surface area (Å²) in [6, 6.07) is 13.1. The lowest BCUT2D eigenvalue weighted by atomic mass is 9.99. The van der Waals surface area contributed by atoms with E-state index in [1.54, 1.807) is 30.3 Å². The minimum Gasteiger partial charge on any atom is -0.338 e. The second-order valence-corrected chi connectivity index (χ2v) is 7.08. The molecule has 1 aliphatic rings. The molecule has 3 rings (SSSR count). The summed E-state index contributed by atoms with van der Waals surface area (Å²) in [5, 5.41) is 0. The summed E-state index contributed by atoms with van der Waals surface area (Å²) in [5.41, 5.74) is 1.89. The topological polar surface area (TPSA) is 53.5 Å². The predicted octanol–water partition coefficient (Wildman–Crippen LogP) is 3.23. The van der Waals surface area contributed by atoms with Gasteiger partial charge in [0.1, 0.15) is 5.69 Å². The van der Waals surface area contributed by atoms with E-state index in [0.29, 0.717) is 23.7 Å². The molecule has 1 saturated heterocycles. The fourth-order valence-corrected chi connectivity index (χ4v) is 3.36. The first kappa shape index (κ1) is 18.1. The maximum atomic E-state index is 12.8. The Bertz CT molecular complexity index is 776. The average Bonchev–Trinajstić information content (AvgIpc) is 2.67. The van der Waals surface area contributed by atoms with Gasteiger partial charge in [-0.05, 0) is 36.5 Å². The fraction of sp³-hybridized carbons (Fsp3) is 0.381. The van der Waals surface area contributed by atoms with Crippen molar-refractivity contribution in [3.05, 3.63) is 65.5 Å². The quantitative estimate of drug-likeness (QED) is 0.850. The summed E-state index contributed by atoms with van der Waals surface area (Å²) < 4.78 is 0. The maximum absolute atomic E-state index is 12.8. The first-order valence-corrected chi connectivity index (χ1v) is 9.09. The first-order valence-electron chi connectivity index (χ1n) is 9.09. The third kappa shape index (κ3) is 4.28. The molecule has 0 aliphatic carbocycles. The second kappa shape index (κ2) is 8.13. The molecule has 1 unspecified atom stereocenters. The van der Waals surface area contributed by atoms with Crippen LogP contribution in [0, 0.1) is 5.92 Å². The number of nitrogens with zero attached hydrogens (tertiary/aromatic N) is 3. The van der Waals surface area contributed by atoms with Gasteiger partial charge >= 0.3 is 0 Å². The first-order chi connectivity index (χ1) is 12.5. The third-order valence-corrected chi connectivity index (χ3v) is 4.78. The van der Waals surface area contributed by atoms with Gasteiger partial charge in [0.15, 0.2) is 0 Å². The molecule has 1 aromatic heterocycles. The van der Waals surface area contributed by atoms with Crippen molar-refractivity contribution in [2.45, 2.75) is 26.3 Å². The lowest BCUT2D eigenvalue weighted by molar-refractivity contribution is 0.0683. The zero-order chi connectivity index (χ0) is 18.5. The fourth-order valence-electron chi connectivity index (χ4n) is 3.36. The molecule has 2 heterocycles. The van der Waals surface area contributed by atoms with Crippen LogP contribution in [0.4, 0.5) is 0 Å². The molecule has 26 heavy (non-hydrogen) atoms. The highest BCUT2D eigenvalue weighted by atomic mass is 16.2. The van der Waals surface area contributed by atoms with Crippen LogP contribution < -0.4 is 0 Å². The Morgan fingerprint density at radius 1 is 1.23 bits per heavy atom. The van der Waals surface area contributed by atoms with E-state index in [1.165, 1.54) is 0 Å². The van der Waals surface area contributed by atoms with E-state index in [2.05, 4.69) is 11.9 Å². The molecule has 1 aliphatic heterocycles. The molecule has 5 heteroatoms. The molecule has 136 valence electrons. The number of piperidine rings is 1. The van der Waals surface area contributed by atoms with Crippen molar-refractivity contribution < 1.29 is 9.59 Å². The lowest BCUT2D eigenvalue weighted by Gasteiger charge is -2.31. The number of carbonyl (C=O) groups is 2. The van der Waals surface area contributed by atoms with Gasteiger partial charge in [-0.15, -0.1) is 0 Å². The minimum atomic E-state index is -0.185. The van der Waals surface area contributed by atoms with Crippen LogP contribution in [0.5, 0.6) is 0 Å². The average molecular weight is 351 g/mol. The molecule has 1 atom stereocenters. The highest BCUT2D eigenvalue weighted by molar-refractivity contribution is 5.98. The smallest absolute Gasteiger partial charge is 0.272 e. The molecule has 2 amide bonds. The second-order valence-electron chi connectivity index (χ2n) is 7.08. The van der Waals surface area contributed by atoms with Crippen molar-refractivity contribution in [3.8, 4) is 0 Å². The van der Waals surface area contributed by atoms with Crippen molar-refractivity contribution in [3.63, 3.8) is 0 Å². The summed E-state index contributed by atoms with van der Waals surface area (Å²) in [7, 11) is 1.75. The summed E-state index contributed by atoms with van der Waals surface area (Å²) in [6.45, 7) is 4.23. The monoisotopic (exact) mass is 351 g/mol. The van der Waals surface area contributed by atoms with Crippen LogP contribution in [-0.4, -0.2) is 46.7 Å². The summed E-state index contributed by atoms with van der Waals surface area (Å²) in [5.74, 6) is 0.321. The van der Waals surface area contributed by atoms with Crippen LogP contribution >= 0.6 is 0 Å². The zero-order valence-corrected chi connectivity index (χ0v) is 15.4. The number of benzene rings is 1. The number of amides is 2. The molecule has 1 fully saturated rings. The molecule has 0 bridgehead atoms. The largest absolute Gasteiger partial charge is 0.338 e. The standard InChI is InChI=1S/C21H25N3O2/c1-16-7-6-12-24(14-16)20(25)18-10-11-22-19(13-18)21(26)23(2)15-17-8-4-3-5-9-17/h3-5,8-11,13,16H,6-7,12,14-15H2,1-2H3. The van der Waals surface area contributed by atoms with Crippen molar-refractivity contribution >= 4 is 11.8 Å². The van der Waals surface area contributed by atoms with Gasteiger partial charge in [-0.2, -0.15) is 0 Å². The van der Waals surface area contributed by atoms with Gasteiger partial charge in [-0.25, -0.2) is 0 Å². The van der Waals surface area contributed by atoms with Gasteiger partial charge in [0.05, 0.1) is 0 Å². The highest BCUT2D eigenvalue weighted by Crippen LogP contribution is 2.18. The van der Waals surface area contributed by atoms with E-state index in [9.17, 15) is 9.59 Å². The number of hydrogen-bond donors (Lipinski definition) is 0. The molecule has 5 nitrogen and oxygen atoms in total. The molecule has 0 radical (unpaired) electrons. The Labute approximate surface area is 154 Å². The number of aromatic nitrogens is 1. The predicted molar refractivity (Wildman–Crippen MR) is 101 cm³/mol. The number of likely N-dealkylation sites (tertiary alicyclic amines) is 1. The van der Waals surface area contributed by atoms with Crippen molar-refractivity contribution in [1.82, 2.24) is 14.8 Å². The van der Waals surface area contributed by atoms with Crippen molar-refractivity contribution in [2.24, 2.45) is 5.92 Å². The maximum Gasteiger partial charge on any atom is 0.272 e. The van der Waals surface area contributed by atoms with E-state index >= 15 is 0 Å². The summed E-state index contributed by atoms with van der Waals surface area (Å²) >= 11 is 0. The molecule has 0 spiro atoms. The molecule has 0 N–H and O–H groups in total.